The Balaban J connectivity index is 2.46. The summed E-state index contributed by atoms with van der Waals surface area (Å²) in [5, 5.41) is 10.4. The highest BCUT2D eigenvalue weighted by atomic mass is 35.5. The van der Waals surface area contributed by atoms with E-state index in [1.165, 1.54) is 0 Å². The summed E-state index contributed by atoms with van der Waals surface area (Å²) in [6.07, 6.45) is 1.96. The fourth-order valence-corrected chi connectivity index (χ4v) is 2.15. The van der Waals surface area contributed by atoms with Crippen molar-refractivity contribution in [1.29, 1.82) is 0 Å². The molecule has 3 nitrogen and oxygen atoms in total. The van der Waals surface area contributed by atoms with Crippen LogP contribution in [0, 0.1) is 0 Å². The van der Waals surface area contributed by atoms with Gasteiger partial charge in [0.25, 0.3) is 0 Å². The zero-order valence-electron chi connectivity index (χ0n) is 8.83. The molecule has 1 unspecified atom stereocenters. The van der Waals surface area contributed by atoms with Gasteiger partial charge in [0.05, 0.1) is 17.0 Å². The fourth-order valence-electron chi connectivity index (χ4n) is 1.92. The van der Waals surface area contributed by atoms with E-state index in [1.54, 1.807) is 0 Å². The Morgan fingerprint density at radius 1 is 1.56 bits per heavy atom. The molecule has 0 saturated heterocycles. The second kappa shape index (κ2) is 4.18. The van der Waals surface area contributed by atoms with Gasteiger partial charge in [-0.1, -0.05) is 30.7 Å². The Bertz CT molecular complexity index is 533. The van der Waals surface area contributed by atoms with E-state index >= 15 is 0 Å². The van der Waals surface area contributed by atoms with Crippen LogP contribution < -0.4 is 0 Å². The van der Waals surface area contributed by atoms with Crippen molar-refractivity contribution < 1.29 is 9.90 Å². The maximum atomic E-state index is 10.7. The summed E-state index contributed by atoms with van der Waals surface area (Å²) in [6.45, 7) is 1.90. The molecule has 0 amide bonds. The summed E-state index contributed by atoms with van der Waals surface area (Å²) in [5.41, 5.74) is 1.87. The van der Waals surface area contributed by atoms with Crippen LogP contribution in [-0.2, 0) is 4.79 Å². The molecule has 0 spiro atoms. The van der Waals surface area contributed by atoms with Crippen LogP contribution >= 0.6 is 11.6 Å². The number of aromatic nitrogens is 1. The number of hydrogen-bond donors (Lipinski definition) is 2. The molecule has 0 fully saturated rings. The maximum absolute atomic E-state index is 10.7. The summed E-state index contributed by atoms with van der Waals surface area (Å²) < 4.78 is 0. The SMILES string of the molecule is CC(CC(=O)O)c1c[nH]c2c(Cl)cccc12. The smallest absolute Gasteiger partial charge is 0.303 e. The molecule has 0 aliphatic heterocycles. The highest BCUT2D eigenvalue weighted by Crippen LogP contribution is 2.30. The number of para-hydroxylation sites is 1. The van der Waals surface area contributed by atoms with E-state index in [-0.39, 0.29) is 12.3 Å². The van der Waals surface area contributed by atoms with E-state index in [9.17, 15) is 4.79 Å². The Morgan fingerprint density at radius 3 is 3.00 bits per heavy atom. The van der Waals surface area contributed by atoms with Crippen molar-refractivity contribution in [3.8, 4) is 0 Å². The molecule has 2 aromatic rings. The number of rotatable bonds is 3. The Labute approximate surface area is 98.0 Å². The van der Waals surface area contributed by atoms with Crippen LogP contribution in [0.15, 0.2) is 24.4 Å². The highest BCUT2D eigenvalue weighted by Gasteiger charge is 2.15. The van der Waals surface area contributed by atoms with E-state index in [1.807, 2.05) is 31.3 Å². The van der Waals surface area contributed by atoms with Crippen molar-refractivity contribution in [2.75, 3.05) is 0 Å². The molecule has 16 heavy (non-hydrogen) atoms. The highest BCUT2D eigenvalue weighted by molar-refractivity contribution is 6.35. The first-order valence-electron chi connectivity index (χ1n) is 5.07. The van der Waals surface area contributed by atoms with E-state index in [0.29, 0.717) is 5.02 Å². The summed E-state index contributed by atoms with van der Waals surface area (Å²) in [6, 6.07) is 5.63. The van der Waals surface area contributed by atoms with Crippen molar-refractivity contribution in [3.63, 3.8) is 0 Å². The van der Waals surface area contributed by atoms with Crippen molar-refractivity contribution >= 4 is 28.5 Å². The van der Waals surface area contributed by atoms with Crippen LogP contribution in [0.5, 0.6) is 0 Å². The van der Waals surface area contributed by atoms with Crippen molar-refractivity contribution in [2.45, 2.75) is 19.3 Å². The summed E-state index contributed by atoms with van der Waals surface area (Å²) in [7, 11) is 0. The number of hydrogen-bond acceptors (Lipinski definition) is 1. The third-order valence-electron chi connectivity index (χ3n) is 2.71. The van der Waals surface area contributed by atoms with Gasteiger partial charge in [-0.05, 0) is 17.5 Å². The second-order valence-electron chi connectivity index (χ2n) is 3.91. The van der Waals surface area contributed by atoms with Gasteiger partial charge in [0.1, 0.15) is 0 Å². The number of aromatic amines is 1. The largest absolute Gasteiger partial charge is 0.481 e. The number of carbonyl (C=O) groups is 1. The molecule has 0 radical (unpaired) electrons. The Morgan fingerprint density at radius 2 is 2.31 bits per heavy atom. The monoisotopic (exact) mass is 237 g/mol. The van der Waals surface area contributed by atoms with Crippen LogP contribution in [0.1, 0.15) is 24.8 Å². The van der Waals surface area contributed by atoms with Crippen LogP contribution in [0.2, 0.25) is 5.02 Å². The average Bonchev–Trinajstić information content (AvgIpc) is 2.61. The van der Waals surface area contributed by atoms with Crippen LogP contribution in [-0.4, -0.2) is 16.1 Å². The Hall–Kier alpha value is -1.48. The molecule has 0 bridgehead atoms. The maximum Gasteiger partial charge on any atom is 0.303 e. The van der Waals surface area contributed by atoms with Gasteiger partial charge in [-0.15, -0.1) is 0 Å². The molecule has 4 heteroatoms. The number of benzene rings is 1. The number of H-pyrrole nitrogens is 1. The predicted octanol–water partition coefficient (Wildman–Crippen LogP) is 3.40. The molecule has 1 aromatic heterocycles. The molecule has 1 aromatic carbocycles. The molecule has 1 atom stereocenters. The number of nitrogens with one attached hydrogen (secondary N) is 1. The second-order valence-corrected chi connectivity index (χ2v) is 4.31. The number of fused-ring (bicyclic) bond motifs is 1. The lowest BCUT2D eigenvalue weighted by Crippen LogP contribution is -2.02. The lowest BCUT2D eigenvalue weighted by Gasteiger charge is -2.06. The first-order chi connectivity index (χ1) is 7.59. The standard InChI is InChI=1S/C12H12ClNO2/c1-7(5-11(15)16)9-6-14-12-8(9)3-2-4-10(12)13/h2-4,6-7,14H,5H2,1H3,(H,15,16). The minimum atomic E-state index is -0.788. The van der Waals surface area contributed by atoms with Gasteiger partial charge in [0.2, 0.25) is 0 Å². The van der Waals surface area contributed by atoms with Gasteiger partial charge in [-0.2, -0.15) is 0 Å². The lowest BCUT2D eigenvalue weighted by molar-refractivity contribution is -0.137. The Kier molecular flexibility index (Phi) is 2.88. The number of carboxylic acids is 1. The fraction of sp³-hybridized carbons (Fsp3) is 0.250. The number of carboxylic acid groups (broad SMARTS) is 1. The van der Waals surface area contributed by atoms with E-state index in [2.05, 4.69) is 4.98 Å². The van der Waals surface area contributed by atoms with E-state index in [4.69, 9.17) is 16.7 Å². The molecular weight excluding hydrogens is 226 g/mol. The van der Waals surface area contributed by atoms with Gasteiger partial charge in [-0.3, -0.25) is 4.79 Å². The molecule has 0 saturated carbocycles. The summed E-state index contributed by atoms with van der Waals surface area (Å²) >= 11 is 6.03. The minimum Gasteiger partial charge on any atom is -0.481 e. The molecule has 0 aliphatic rings. The summed E-state index contributed by atoms with van der Waals surface area (Å²) in [5.74, 6) is -0.811. The van der Waals surface area contributed by atoms with Crippen LogP contribution in [0.3, 0.4) is 0 Å². The van der Waals surface area contributed by atoms with Crippen molar-refractivity contribution in [1.82, 2.24) is 4.98 Å². The van der Waals surface area contributed by atoms with Gasteiger partial charge in [0.15, 0.2) is 0 Å². The lowest BCUT2D eigenvalue weighted by atomic mass is 9.97. The molecular formula is C12H12ClNO2. The quantitative estimate of drug-likeness (QED) is 0.860. The number of halogens is 1. The van der Waals surface area contributed by atoms with E-state index < -0.39 is 5.97 Å². The first kappa shape index (κ1) is 11.0. The average molecular weight is 238 g/mol. The van der Waals surface area contributed by atoms with Gasteiger partial charge < -0.3 is 10.1 Å². The van der Waals surface area contributed by atoms with Crippen molar-refractivity contribution in [2.24, 2.45) is 0 Å². The van der Waals surface area contributed by atoms with Crippen LogP contribution in [0.25, 0.3) is 10.9 Å². The summed E-state index contributed by atoms with van der Waals surface area (Å²) in [4.78, 5) is 13.8. The minimum absolute atomic E-state index is 0.0234. The topological polar surface area (TPSA) is 53.1 Å². The van der Waals surface area contributed by atoms with Gasteiger partial charge in [0, 0.05) is 11.6 Å². The van der Waals surface area contributed by atoms with E-state index in [0.717, 1.165) is 16.5 Å². The third-order valence-corrected chi connectivity index (χ3v) is 3.02. The van der Waals surface area contributed by atoms with Crippen LogP contribution in [0.4, 0.5) is 0 Å². The molecule has 2 N–H and O–H groups in total. The normalized spacial score (nSPS) is 12.9. The third kappa shape index (κ3) is 1.91. The molecule has 2 rings (SSSR count). The number of aliphatic carboxylic acids is 1. The van der Waals surface area contributed by atoms with Crippen molar-refractivity contribution in [3.05, 3.63) is 35.0 Å². The zero-order chi connectivity index (χ0) is 11.7. The van der Waals surface area contributed by atoms with Gasteiger partial charge >= 0.3 is 5.97 Å². The zero-order valence-corrected chi connectivity index (χ0v) is 9.58. The van der Waals surface area contributed by atoms with Gasteiger partial charge in [-0.25, -0.2) is 0 Å². The molecule has 84 valence electrons. The predicted molar refractivity (Wildman–Crippen MR) is 64.0 cm³/mol. The first-order valence-corrected chi connectivity index (χ1v) is 5.44. The molecule has 0 aliphatic carbocycles. The molecule has 1 heterocycles.